The van der Waals surface area contributed by atoms with E-state index in [4.69, 9.17) is 4.74 Å². The highest BCUT2D eigenvalue weighted by Gasteiger charge is 2.40. The molecule has 1 saturated heterocycles. The number of carbonyl (C=O) groups is 1. The topological polar surface area (TPSA) is 53.6 Å². The zero-order valence-corrected chi connectivity index (χ0v) is 10.7. The second-order valence-corrected chi connectivity index (χ2v) is 4.93. The number of ether oxygens (including phenoxy) is 1. The molecule has 1 heterocycles. The maximum Gasteiger partial charge on any atom is 0.238 e. The highest BCUT2D eigenvalue weighted by Crippen LogP contribution is 2.36. The third-order valence-corrected chi connectivity index (χ3v) is 3.76. The third kappa shape index (κ3) is 2.97. The molecule has 2 fully saturated rings. The first-order valence-electron chi connectivity index (χ1n) is 6.45. The number of likely N-dealkylation sites (N-methyl/N-ethyl adjacent to an activating group) is 1. The van der Waals surface area contributed by atoms with Gasteiger partial charge >= 0.3 is 0 Å². The van der Waals surface area contributed by atoms with Crippen molar-refractivity contribution in [3.05, 3.63) is 0 Å². The Kier molecular flexibility index (Phi) is 4.36. The van der Waals surface area contributed by atoms with Gasteiger partial charge in [0.15, 0.2) is 0 Å². The zero-order chi connectivity index (χ0) is 12.3. The van der Waals surface area contributed by atoms with Crippen LogP contribution in [0.15, 0.2) is 0 Å². The second-order valence-electron chi connectivity index (χ2n) is 4.93. The quantitative estimate of drug-likeness (QED) is 0.677. The largest absolute Gasteiger partial charge is 0.383 e. The van der Waals surface area contributed by atoms with Crippen LogP contribution >= 0.6 is 0 Å². The molecular formula is C12H23N3O2. The van der Waals surface area contributed by atoms with E-state index in [9.17, 15) is 4.79 Å². The molecule has 0 aromatic rings. The van der Waals surface area contributed by atoms with Crippen LogP contribution in [0.2, 0.25) is 0 Å². The summed E-state index contributed by atoms with van der Waals surface area (Å²) < 4.78 is 5.33. The van der Waals surface area contributed by atoms with Gasteiger partial charge in [0.2, 0.25) is 5.91 Å². The molecule has 1 saturated carbocycles. The molecule has 2 unspecified atom stereocenters. The van der Waals surface area contributed by atoms with E-state index in [0.29, 0.717) is 6.04 Å². The Hall–Kier alpha value is -0.650. The fourth-order valence-electron chi connectivity index (χ4n) is 2.68. The van der Waals surface area contributed by atoms with Crippen LogP contribution in [0.5, 0.6) is 0 Å². The molecule has 0 bridgehead atoms. The normalized spacial score (nSPS) is 27.8. The summed E-state index contributed by atoms with van der Waals surface area (Å²) in [4.78, 5) is 14.2. The van der Waals surface area contributed by atoms with Crippen molar-refractivity contribution in [2.45, 2.75) is 24.9 Å². The van der Waals surface area contributed by atoms with Crippen molar-refractivity contribution in [1.82, 2.24) is 15.5 Å². The molecule has 2 rings (SSSR count). The molecule has 2 aliphatic rings. The van der Waals surface area contributed by atoms with Gasteiger partial charge in [0.1, 0.15) is 6.04 Å². The number of hydrogen-bond donors (Lipinski definition) is 2. The predicted octanol–water partition coefficient (Wildman–Crippen LogP) is -0.569. The molecule has 17 heavy (non-hydrogen) atoms. The highest BCUT2D eigenvalue weighted by molar-refractivity contribution is 5.81. The number of piperazine rings is 1. The maximum absolute atomic E-state index is 11.9. The Bertz CT molecular complexity index is 268. The number of amides is 1. The fourth-order valence-corrected chi connectivity index (χ4v) is 2.68. The van der Waals surface area contributed by atoms with Crippen LogP contribution in [-0.2, 0) is 9.53 Å². The molecule has 1 aliphatic carbocycles. The first-order valence-corrected chi connectivity index (χ1v) is 6.45. The molecule has 2 N–H and O–H groups in total. The number of methoxy groups -OCH3 is 1. The van der Waals surface area contributed by atoms with E-state index in [1.807, 2.05) is 0 Å². The number of hydrogen-bond acceptors (Lipinski definition) is 4. The van der Waals surface area contributed by atoms with Crippen molar-refractivity contribution < 1.29 is 9.53 Å². The van der Waals surface area contributed by atoms with Gasteiger partial charge in [-0.25, -0.2) is 0 Å². The molecule has 0 radical (unpaired) electrons. The van der Waals surface area contributed by atoms with E-state index >= 15 is 0 Å². The predicted molar refractivity (Wildman–Crippen MR) is 65.8 cm³/mol. The summed E-state index contributed by atoms with van der Waals surface area (Å²) in [5.41, 5.74) is 0. The number of nitrogens with zero attached hydrogens (tertiary/aromatic N) is 1. The first-order chi connectivity index (χ1) is 8.27. The van der Waals surface area contributed by atoms with Gasteiger partial charge in [0.25, 0.3) is 0 Å². The van der Waals surface area contributed by atoms with Gasteiger partial charge in [-0.2, -0.15) is 0 Å². The van der Waals surface area contributed by atoms with Crippen molar-refractivity contribution >= 4 is 5.91 Å². The summed E-state index contributed by atoms with van der Waals surface area (Å²) in [7, 11) is 3.45. The standard InChI is InChI=1S/C12H23N3O2/c1-13-12(16)10-7-14-5-6-15(10)11(8-17-2)9-3-4-9/h9-11,14H,3-8H2,1-2H3,(H,13,16). The van der Waals surface area contributed by atoms with Crippen LogP contribution in [0.4, 0.5) is 0 Å². The van der Waals surface area contributed by atoms with Crippen molar-refractivity contribution in [3.8, 4) is 0 Å². The fraction of sp³-hybridized carbons (Fsp3) is 0.917. The molecule has 0 aromatic heterocycles. The zero-order valence-electron chi connectivity index (χ0n) is 10.7. The van der Waals surface area contributed by atoms with Gasteiger partial charge in [-0.3, -0.25) is 9.69 Å². The van der Waals surface area contributed by atoms with Gasteiger partial charge in [0, 0.05) is 39.8 Å². The van der Waals surface area contributed by atoms with Crippen LogP contribution in [0.25, 0.3) is 0 Å². The molecule has 0 aromatic carbocycles. The molecule has 5 heteroatoms. The average Bonchev–Trinajstić information content (AvgIpc) is 3.19. The second kappa shape index (κ2) is 5.80. The number of rotatable bonds is 5. The SMILES string of the molecule is CNC(=O)C1CNCCN1C(COC)C1CC1. The van der Waals surface area contributed by atoms with Crippen molar-refractivity contribution in [2.75, 3.05) is 40.4 Å². The Morgan fingerprint density at radius 3 is 2.94 bits per heavy atom. The highest BCUT2D eigenvalue weighted by atomic mass is 16.5. The summed E-state index contributed by atoms with van der Waals surface area (Å²) in [5.74, 6) is 0.833. The lowest BCUT2D eigenvalue weighted by atomic mass is 10.1. The molecule has 5 nitrogen and oxygen atoms in total. The molecule has 2 atom stereocenters. The lowest BCUT2D eigenvalue weighted by Crippen LogP contribution is -2.61. The summed E-state index contributed by atoms with van der Waals surface area (Å²) in [6.45, 7) is 3.37. The average molecular weight is 241 g/mol. The third-order valence-electron chi connectivity index (χ3n) is 3.76. The minimum absolute atomic E-state index is 0.0468. The van der Waals surface area contributed by atoms with E-state index in [1.54, 1.807) is 14.2 Å². The van der Waals surface area contributed by atoms with Crippen LogP contribution in [0.1, 0.15) is 12.8 Å². The lowest BCUT2D eigenvalue weighted by Gasteiger charge is -2.40. The lowest BCUT2D eigenvalue weighted by molar-refractivity contribution is -0.128. The van der Waals surface area contributed by atoms with E-state index < -0.39 is 0 Å². The van der Waals surface area contributed by atoms with Gasteiger partial charge in [0.05, 0.1) is 6.61 Å². The Labute approximate surface area is 103 Å². The Balaban J connectivity index is 2.04. The molecule has 0 spiro atoms. The van der Waals surface area contributed by atoms with Crippen molar-refractivity contribution in [2.24, 2.45) is 5.92 Å². The number of nitrogens with one attached hydrogen (secondary N) is 2. The van der Waals surface area contributed by atoms with E-state index in [2.05, 4.69) is 15.5 Å². The van der Waals surface area contributed by atoms with E-state index in [0.717, 1.165) is 32.2 Å². The summed E-state index contributed by atoms with van der Waals surface area (Å²) >= 11 is 0. The van der Waals surface area contributed by atoms with Gasteiger partial charge in [-0.05, 0) is 18.8 Å². The minimum atomic E-state index is -0.0468. The summed E-state index contributed by atoms with van der Waals surface area (Å²) in [6, 6.07) is 0.360. The monoisotopic (exact) mass is 241 g/mol. The van der Waals surface area contributed by atoms with Gasteiger partial charge in [-0.1, -0.05) is 0 Å². The molecule has 98 valence electrons. The van der Waals surface area contributed by atoms with Crippen LogP contribution < -0.4 is 10.6 Å². The van der Waals surface area contributed by atoms with E-state index in [1.165, 1.54) is 12.8 Å². The Morgan fingerprint density at radius 2 is 2.35 bits per heavy atom. The van der Waals surface area contributed by atoms with Crippen LogP contribution in [-0.4, -0.2) is 63.3 Å². The number of carbonyl (C=O) groups excluding carboxylic acids is 1. The summed E-state index contributed by atoms with van der Waals surface area (Å²) in [5, 5.41) is 6.05. The van der Waals surface area contributed by atoms with Crippen LogP contribution in [0.3, 0.4) is 0 Å². The van der Waals surface area contributed by atoms with Crippen molar-refractivity contribution in [3.63, 3.8) is 0 Å². The smallest absolute Gasteiger partial charge is 0.238 e. The molecule has 1 aliphatic heterocycles. The first kappa shape index (κ1) is 12.8. The minimum Gasteiger partial charge on any atom is -0.383 e. The Morgan fingerprint density at radius 1 is 1.59 bits per heavy atom. The summed E-state index contributed by atoms with van der Waals surface area (Å²) in [6.07, 6.45) is 2.55. The molecule has 1 amide bonds. The van der Waals surface area contributed by atoms with E-state index in [-0.39, 0.29) is 11.9 Å². The maximum atomic E-state index is 11.9. The van der Waals surface area contributed by atoms with Gasteiger partial charge in [-0.15, -0.1) is 0 Å². The van der Waals surface area contributed by atoms with Crippen LogP contribution in [0, 0.1) is 5.92 Å². The molecular weight excluding hydrogens is 218 g/mol. The van der Waals surface area contributed by atoms with Gasteiger partial charge < -0.3 is 15.4 Å². The van der Waals surface area contributed by atoms with Crippen molar-refractivity contribution in [1.29, 1.82) is 0 Å².